The van der Waals surface area contributed by atoms with Crippen LogP contribution in [0.25, 0.3) is 0 Å². The molecule has 0 atom stereocenters. The molecule has 3 nitrogen and oxygen atoms in total. The molecule has 0 radical (unpaired) electrons. The molecule has 1 aromatic heterocycles. The molecule has 102 valence electrons. The molecule has 0 aliphatic carbocycles. The largest absolute Gasteiger partial charge is 0.296 e. The van der Waals surface area contributed by atoms with Crippen molar-refractivity contribution in [2.24, 2.45) is 0 Å². The highest BCUT2D eigenvalue weighted by Crippen LogP contribution is 2.09. The lowest BCUT2D eigenvalue weighted by molar-refractivity contribution is 0.251. The van der Waals surface area contributed by atoms with Gasteiger partial charge in [0.15, 0.2) is 0 Å². The number of hydrogen-bond donors (Lipinski definition) is 0. The fourth-order valence-electron chi connectivity index (χ4n) is 1.89. The Kier molecular flexibility index (Phi) is 7.21. The average molecular weight is 270 g/mol. The second kappa shape index (κ2) is 8.44. The first kappa shape index (κ1) is 15.4. The quantitative estimate of drug-likeness (QED) is 0.672. The van der Waals surface area contributed by atoms with Gasteiger partial charge >= 0.3 is 0 Å². The molecule has 1 heterocycles. The first-order valence-electron chi connectivity index (χ1n) is 6.88. The van der Waals surface area contributed by atoms with Crippen LogP contribution in [0, 0.1) is 6.92 Å². The van der Waals surface area contributed by atoms with Crippen molar-refractivity contribution in [2.75, 3.05) is 13.1 Å². The minimum atomic E-state index is 0.545. The Labute approximate surface area is 116 Å². The highest BCUT2D eigenvalue weighted by Gasteiger charge is 2.08. The topological polar surface area (TPSA) is 29.0 Å². The predicted octanol–water partition coefficient (Wildman–Crippen LogP) is 3.84. The summed E-state index contributed by atoms with van der Waals surface area (Å²) < 4.78 is 0. The molecule has 0 unspecified atom stereocenters. The summed E-state index contributed by atoms with van der Waals surface area (Å²) in [6.07, 6.45) is 4.89. The molecule has 0 amide bonds. The lowest BCUT2D eigenvalue weighted by Gasteiger charge is -2.21. The zero-order chi connectivity index (χ0) is 13.4. The molecule has 0 aliphatic heterocycles. The van der Waals surface area contributed by atoms with Gasteiger partial charge in [-0.2, -0.15) is 0 Å². The molecule has 0 aromatic carbocycles. The maximum absolute atomic E-state index is 5.97. The summed E-state index contributed by atoms with van der Waals surface area (Å²) in [4.78, 5) is 11.2. The standard InChI is InChI=1S/C14H24ClN3/c1-4-6-8-18(9-7-5-2)11-14-16-12(3)10-13(15)17-14/h10H,4-9,11H2,1-3H3. The molecule has 4 heteroatoms. The summed E-state index contributed by atoms with van der Waals surface area (Å²) in [5.41, 5.74) is 0.941. The van der Waals surface area contributed by atoms with Gasteiger partial charge in [-0.15, -0.1) is 0 Å². The maximum atomic E-state index is 5.97. The van der Waals surface area contributed by atoms with Gasteiger partial charge in [-0.25, -0.2) is 9.97 Å². The molecule has 0 saturated carbocycles. The lowest BCUT2D eigenvalue weighted by atomic mass is 10.2. The fourth-order valence-corrected chi connectivity index (χ4v) is 2.15. The number of hydrogen-bond acceptors (Lipinski definition) is 3. The molecule has 0 spiro atoms. The number of rotatable bonds is 8. The Bertz CT molecular complexity index is 327. The van der Waals surface area contributed by atoms with E-state index in [4.69, 9.17) is 11.6 Å². The van der Waals surface area contributed by atoms with Crippen LogP contribution in [-0.4, -0.2) is 28.0 Å². The van der Waals surface area contributed by atoms with Crippen LogP contribution in [0.4, 0.5) is 0 Å². The van der Waals surface area contributed by atoms with Crippen molar-refractivity contribution in [3.8, 4) is 0 Å². The summed E-state index contributed by atoms with van der Waals surface area (Å²) >= 11 is 5.97. The van der Waals surface area contributed by atoms with Gasteiger partial charge in [0.1, 0.15) is 11.0 Å². The molecule has 1 aromatic rings. The van der Waals surface area contributed by atoms with E-state index in [0.29, 0.717) is 5.15 Å². The van der Waals surface area contributed by atoms with Gasteiger partial charge in [-0.1, -0.05) is 38.3 Å². The monoisotopic (exact) mass is 269 g/mol. The second-order valence-corrected chi connectivity index (χ2v) is 5.12. The van der Waals surface area contributed by atoms with Gasteiger partial charge in [0, 0.05) is 5.69 Å². The average Bonchev–Trinajstić information content (AvgIpc) is 2.31. The summed E-state index contributed by atoms with van der Waals surface area (Å²) in [6, 6.07) is 1.80. The lowest BCUT2D eigenvalue weighted by Crippen LogP contribution is -2.26. The van der Waals surface area contributed by atoms with Crippen LogP contribution in [0.2, 0.25) is 5.15 Å². The smallest absolute Gasteiger partial charge is 0.144 e. The van der Waals surface area contributed by atoms with Crippen LogP contribution in [0.5, 0.6) is 0 Å². The maximum Gasteiger partial charge on any atom is 0.144 e. The van der Waals surface area contributed by atoms with E-state index in [0.717, 1.165) is 31.2 Å². The molecule has 0 aliphatic rings. The number of halogens is 1. The Hall–Kier alpha value is -0.670. The van der Waals surface area contributed by atoms with Gasteiger partial charge in [0.25, 0.3) is 0 Å². The van der Waals surface area contributed by atoms with Crippen molar-refractivity contribution in [1.29, 1.82) is 0 Å². The van der Waals surface area contributed by atoms with Gasteiger partial charge < -0.3 is 0 Å². The van der Waals surface area contributed by atoms with E-state index >= 15 is 0 Å². The SMILES string of the molecule is CCCCN(CCCC)Cc1nc(C)cc(Cl)n1. The van der Waals surface area contributed by atoms with Gasteiger partial charge in [0.05, 0.1) is 6.54 Å². The number of unbranched alkanes of at least 4 members (excludes halogenated alkanes) is 2. The van der Waals surface area contributed by atoms with Crippen molar-refractivity contribution in [2.45, 2.75) is 53.0 Å². The van der Waals surface area contributed by atoms with Crippen LogP contribution in [0.3, 0.4) is 0 Å². The third-order valence-corrected chi connectivity index (χ3v) is 3.08. The minimum absolute atomic E-state index is 0.545. The number of aromatic nitrogens is 2. The summed E-state index contributed by atoms with van der Waals surface area (Å²) in [5, 5.41) is 0.545. The Morgan fingerprint density at radius 1 is 1.11 bits per heavy atom. The zero-order valence-electron chi connectivity index (χ0n) is 11.7. The molecule has 0 fully saturated rings. The highest BCUT2D eigenvalue weighted by atomic mass is 35.5. The first-order chi connectivity index (χ1) is 8.65. The number of nitrogens with zero attached hydrogens (tertiary/aromatic N) is 3. The van der Waals surface area contributed by atoms with E-state index in [9.17, 15) is 0 Å². The zero-order valence-corrected chi connectivity index (χ0v) is 12.5. The van der Waals surface area contributed by atoms with Crippen molar-refractivity contribution < 1.29 is 0 Å². The van der Waals surface area contributed by atoms with Crippen LogP contribution in [0.1, 0.15) is 51.0 Å². The van der Waals surface area contributed by atoms with Gasteiger partial charge in [-0.3, -0.25) is 4.90 Å². The Morgan fingerprint density at radius 2 is 1.72 bits per heavy atom. The molecular weight excluding hydrogens is 246 g/mol. The van der Waals surface area contributed by atoms with E-state index in [1.54, 1.807) is 6.07 Å². The van der Waals surface area contributed by atoms with Crippen LogP contribution >= 0.6 is 11.6 Å². The van der Waals surface area contributed by atoms with Crippen molar-refractivity contribution in [3.05, 3.63) is 22.7 Å². The van der Waals surface area contributed by atoms with E-state index in [-0.39, 0.29) is 0 Å². The summed E-state index contributed by atoms with van der Waals surface area (Å²) in [6.45, 7) is 9.44. The van der Waals surface area contributed by atoms with Gasteiger partial charge in [-0.05, 0) is 38.9 Å². The van der Waals surface area contributed by atoms with Gasteiger partial charge in [0.2, 0.25) is 0 Å². The molecule has 0 N–H and O–H groups in total. The van der Waals surface area contributed by atoms with Crippen LogP contribution < -0.4 is 0 Å². The molecule has 1 rings (SSSR count). The number of aryl methyl sites for hydroxylation is 1. The minimum Gasteiger partial charge on any atom is -0.296 e. The first-order valence-corrected chi connectivity index (χ1v) is 7.26. The fraction of sp³-hybridized carbons (Fsp3) is 0.714. The summed E-state index contributed by atoms with van der Waals surface area (Å²) in [5.74, 6) is 0.840. The summed E-state index contributed by atoms with van der Waals surface area (Å²) in [7, 11) is 0. The second-order valence-electron chi connectivity index (χ2n) is 4.73. The normalized spacial score (nSPS) is 11.2. The molecule has 0 saturated heterocycles. The van der Waals surface area contributed by atoms with Crippen molar-refractivity contribution >= 4 is 11.6 Å². The van der Waals surface area contributed by atoms with Crippen LogP contribution in [0.15, 0.2) is 6.07 Å². The Balaban J connectivity index is 2.62. The van der Waals surface area contributed by atoms with E-state index in [2.05, 4.69) is 28.7 Å². The third kappa shape index (κ3) is 5.78. The molecule has 18 heavy (non-hydrogen) atoms. The van der Waals surface area contributed by atoms with Crippen LogP contribution in [-0.2, 0) is 6.54 Å². The van der Waals surface area contributed by atoms with Crippen molar-refractivity contribution in [3.63, 3.8) is 0 Å². The Morgan fingerprint density at radius 3 is 2.22 bits per heavy atom. The highest BCUT2D eigenvalue weighted by molar-refractivity contribution is 6.29. The van der Waals surface area contributed by atoms with E-state index < -0.39 is 0 Å². The van der Waals surface area contributed by atoms with E-state index in [1.165, 1.54) is 25.7 Å². The van der Waals surface area contributed by atoms with Crippen molar-refractivity contribution in [1.82, 2.24) is 14.9 Å². The molecular formula is C14H24ClN3. The third-order valence-electron chi connectivity index (χ3n) is 2.89. The predicted molar refractivity (Wildman–Crippen MR) is 76.9 cm³/mol. The molecule has 0 bridgehead atoms. The van der Waals surface area contributed by atoms with E-state index in [1.807, 2.05) is 6.92 Å².